The minimum absolute atomic E-state index is 0.0214. The van der Waals surface area contributed by atoms with E-state index in [-0.39, 0.29) is 16.9 Å². The maximum Gasteiger partial charge on any atom is 0.270 e. The number of thioether (sulfide) groups is 2. The van der Waals surface area contributed by atoms with Crippen molar-refractivity contribution in [2.24, 2.45) is 0 Å². The smallest absolute Gasteiger partial charge is 0.270 e. The molecule has 1 aliphatic heterocycles. The average Bonchev–Trinajstić information content (AvgIpc) is 2.82. The third-order valence-electron chi connectivity index (χ3n) is 4.47. The van der Waals surface area contributed by atoms with Gasteiger partial charge in [0.25, 0.3) is 11.4 Å². The van der Waals surface area contributed by atoms with E-state index in [1.165, 1.54) is 84.2 Å². The Morgan fingerprint density at radius 3 is 1.67 bits per heavy atom. The van der Waals surface area contributed by atoms with Gasteiger partial charge in [0.2, 0.25) is 0 Å². The van der Waals surface area contributed by atoms with Gasteiger partial charge >= 0.3 is 0 Å². The van der Waals surface area contributed by atoms with Crippen LogP contribution in [0.2, 0.25) is 0 Å². The number of non-ortho nitro benzene ring substituents is 2. The predicted octanol–water partition coefficient (Wildman–Crippen LogP) is 5.45. The van der Waals surface area contributed by atoms with Crippen LogP contribution in [0.25, 0.3) is 12.2 Å². The highest BCUT2D eigenvalue weighted by Gasteiger charge is 2.22. The molecule has 0 unspecified atom stereocenters. The van der Waals surface area contributed by atoms with Gasteiger partial charge in [-0.05, 0) is 41.2 Å². The third-order valence-corrected chi connectivity index (χ3v) is 7.09. The number of ketones is 2. The summed E-state index contributed by atoms with van der Waals surface area (Å²) in [6, 6.07) is 11.7. The Morgan fingerprint density at radius 1 is 0.788 bits per heavy atom. The SMILES string of the molecule is O=C(C=Cc1cccc([N+](=O)[O-])c1)C(C(=O)C=Cc1cccc([N+](=O)[O-])c1)=C1SCCCS1. The fourth-order valence-corrected chi connectivity index (χ4v) is 5.55. The summed E-state index contributed by atoms with van der Waals surface area (Å²) in [5.41, 5.74) is 0.749. The number of nitrogens with zero attached hydrogens (tertiary/aromatic N) is 2. The second-order valence-corrected chi connectivity index (χ2v) is 9.28. The number of hydrogen-bond acceptors (Lipinski definition) is 8. The van der Waals surface area contributed by atoms with Gasteiger partial charge in [0, 0.05) is 24.3 Å². The molecule has 1 saturated heterocycles. The number of nitro groups is 2. The van der Waals surface area contributed by atoms with Crippen LogP contribution in [-0.4, -0.2) is 32.9 Å². The van der Waals surface area contributed by atoms with E-state index in [4.69, 9.17) is 0 Å². The molecule has 0 saturated carbocycles. The lowest BCUT2D eigenvalue weighted by molar-refractivity contribution is -0.385. The van der Waals surface area contributed by atoms with E-state index in [0.717, 1.165) is 17.9 Å². The third kappa shape index (κ3) is 6.74. The highest BCUT2D eigenvalue weighted by atomic mass is 32.2. The van der Waals surface area contributed by atoms with Gasteiger partial charge in [-0.3, -0.25) is 29.8 Å². The van der Waals surface area contributed by atoms with Crippen LogP contribution < -0.4 is 0 Å². The molecular formula is C23H18N2O6S2. The molecule has 0 amide bonds. The molecular weight excluding hydrogens is 464 g/mol. The van der Waals surface area contributed by atoms with Crippen LogP contribution in [0.5, 0.6) is 0 Å². The van der Waals surface area contributed by atoms with Crippen molar-refractivity contribution >= 4 is 58.6 Å². The molecule has 0 aliphatic carbocycles. The Labute approximate surface area is 197 Å². The number of carbonyl (C=O) groups excluding carboxylic acids is 2. The molecule has 1 heterocycles. The zero-order valence-corrected chi connectivity index (χ0v) is 18.8. The summed E-state index contributed by atoms with van der Waals surface area (Å²) in [7, 11) is 0. The van der Waals surface area contributed by atoms with Crippen LogP contribution in [0.3, 0.4) is 0 Å². The molecule has 2 aromatic rings. The van der Waals surface area contributed by atoms with Crippen molar-refractivity contribution in [3.8, 4) is 0 Å². The summed E-state index contributed by atoms with van der Waals surface area (Å²) in [6.45, 7) is 0. The van der Waals surface area contributed by atoms with Crippen LogP contribution >= 0.6 is 23.5 Å². The van der Waals surface area contributed by atoms with E-state index < -0.39 is 21.4 Å². The molecule has 0 aromatic heterocycles. The van der Waals surface area contributed by atoms with Crippen molar-refractivity contribution in [1.82, 2.24) is 0 Å². The molecule has 0 radical (unpaired) electrons. The Morgan fingerprint density at radius 2 is 1.24 bits per heavy atom. The minimum atomic E-state index is -0.524. The van der Waals surface area contributed by atoms with Gasteiger partial charge in [0.1, 0.15) is 0 Å². The number of carbonyl (C=O) groups is 2. The van der Waals surface area contributed by atoms with Crippen LogP contribution in [0, 0.1) is 20.2 Å². The monoisotopic (exact) mass is 482 g/mol. The van der Waals surface area contributed by atoms with Gasteiger partial charge < -0.3 is 0 Å². The summed E-state index contributed by atoms with van der Waals surface area (Å²) in [5, 5.41) is 21.9. The minimum Gasteiger partial charge on any atom is -0.289 e. The molecule has 10 heteroatoms. The molecule has 1 aliphatic rings. The number of rotatable bonds is 8. The molecule has 0 spiro atoms. The Hall–Kier alpha value is -3.50. The molecule has 2 aromatic carbocycles. The Bertz CT molecular complexity index is 1110. The quantitative estimate of drug-likeness (QED) is 0.160. The lowest BCUT2D eigenvalue weighted by atomic mass is 10.1. The lowest BCUT2D eigenvalue weighted by Crippen LogP contribution is -2.12. The van der Waals surface area contributed by atoms with E-state index in [1.807, 2.05) is 0 Å². The lowest BCUT2D eigenvalue weighted by Gasteiger charge is -2.15. The number of nitro benzene ring substituents is 2. The molecule has 33 heavy (non-hydrogen) atoms. The van der Waals surface area contributed by atoms with Crippen LogP contribution in [-0.2, 0) is 9.59 Å². The topological polar surface area (TPSA) is 120 Å². The first-order valence-electron chi connectivity index (χ1n) is 9.79. The first-order chi connectivity index (χ1) is 15.8. The molecule has 1 fully saturated rings. The summed E-state index contributed by atoms with van der Waals surface area (Å²) in [5.74, 6) is 0.560. The van der Waals surface area contributed by atoms with Gasteiger partial charge in [-0.2, -0.15) is 0 Å². The fraction of sp³-hybridized carbons (Fsp3) is 0.130. The molecule has 0 N–H and O–H groups in total. The van der Waals surface area contributed by atoms with Gasteiger partial charge in [-0.1, -0.05) is 36.4 Å². The van der Waals surface area contributed by atoms with Gasteiger partial charge in [-0.25, -0.2) is 0 Å². The van der Waals surface area contributed by atoms with Gasteiger partial charge in [-0.15, -0.1) is 23.5 Å². The van der Waals surface area contributed by atoms with E-state index in [9.17, 15) is 29.8 Å². The first kappa shape index (κ1) is 24.1. The molecule has 0 bridgehead atoms. The summed E-state index contributed by atoms with van der Waals surface area (Å²) >= 11 is 2.88. The maximum atomic E-state index is 13.0. The van der Waals surface area contributed by atoms with Gasteiger partial charge in [0.15, 0.2) is 11.6 Å². The highest BCUT2D eigenvalue weighted by molar-refractivity contribution is 8.22. The van der Waals surface area contributed by atoms with Crippen LogP contribution in [0.4, 0.5) is 11.4 Å². The summed E-state index contributed by atoms with van der Waals surface area (Å²) < 4.78 is 0.628. The number of hydrogen-bond donors (Lipinski definition) is 0. The highest BCUT2D eigenvalue weighted by Crippen LogP contribution is 2.38. The van der Waals surface area contributed by atoms with Crippen molar-refractivity contribution in [1.29, 1.82) is 0 Å². The standard InChI is InChI=1S/C23H18N2O6S2/c26-20(10-8-16-4-1-6-18(14-16)24(28)29)22(23-32-12-3-13-33-23)21(27)11-9-17-5-2-7-19(15-17)25(30)31/h1-2,4-11,14-15H,3,12-13H2. The molecule has 8 nitrogen and oxygen atoms in total. The molecule has 0 atom stereocenters. The largest absolute Gasteiger partial charge is 0.289 e. The second-order valence-electron chi connectivity index (χ2n) is 6.81. The fourth-order valence-electron chi connectivity index (χ4n) is 2.89. The van der Waals surface area contributed by atoms with E-state index in [2.05, 4.69) is 0 Å². The van der Waals surface area contributed by atoms with Crippen molar-refractivity contribution in [3.63, 3.8) is 0 Å². The zero-order chi connectivity index (χ0) is 23.8. The number of benzene rings is 2. The average molecular weight is 483 g/mol. The summed E-state index contributed by atoms with van der Waals surface area (Å²) in [4.78, 5) is 46.8. The van der Waals surface area contributed by atoms with Crippen molar-refractivity contribution in [2.75, 3.05) is 11.5 Å². The van der Waals surface area contributed by atoms with Crippen LogP contribution in [0.15, 0.2) is 70.5 Å². The number of allylic oxidation sites excluding steroid dienone is 3. The Balaban J connectivity index is 1.87. The first-order valence-corrected chi connectivity index (χ1v) is 11.8. The summed E-state index contributed by atoms with van der Waals surface area (Å²) in [6.07, 6.45) is 6.30. The van der Waals surface area contributed by atoms with Crippen molar-refractivity contribution < 1.29 is 19.4 Å². The van der Waals surface area contributed by atoms with Crippen LogP contribution in [0.1, 0.15) is 17.5 Å². The zero-order valence-electron chi connectivity index (χ0n) is 17.2. The van der Waals surface area contributed by atoms with Crippen molar-refractivity contribution in [3.05, 3.63) is 102 Å². The predicted molar refractivity (Wildman–Crippen MR) is 131 cm³/mol. The van der Waals surface area contributed by atoms with Gasteiger partial charge in [0.05, 0.1) is 19.7 Å². The molecule has 168 valence electrons. The Kier molecular flexibility index (Phi) is 8.34. The van der Waals surface area contributed by atoms with E-state index in [0.29, 0.717) is 15.4 Å². The maximum absolute atomic E-state index is 13.0. The molecule has 3 rings (SSSR count). The van der Waals surface area contributed by atoms with E-state index >= 15 is 0 Å². The van der Waals surface area contributed by atoms with E-state index in [1.54, 1.807) is 12.1 Å². The normalized spacial score (nSPS) is 13.9. The van der Waals surface area contributed by atoms with Crippen molar-refractivity contribution in [2.45, 2.75) is 6.42 Å². The second kappa shape index (κ2) is 11.4.